The van der Waals surface area contributed by atoms with Crippen molar-refractivity contribution in [3.8, 4) is 0 Å². The molecule has 4 nitrogen and oxygen atoms in total. The van der Waals surface area contributed by atoms with Crippen LogP contribution in [0, 0.1) is 10.1 Å². The molecule has 0 heterocycles. The van der Waals surface area contributed by atoms with Crippen molar-refractivity contribution >= 4 is 23.0 Å². The third kappa shape index (κ3) is 3.53. The summed E-state index contributed by atoms with van der Waals surface area (Å²) in [5, 5.41) is 11.1. The Morgan fingerprint density at radius 3 is 2.50 bits per heavy atom. The van der Waals surface area contributed by atoms with E-state index in [2.05, 4.69) is 0 Å². The molecule has 2 rings (SSSR count). The van der Waals surface area contributed by atoms with Crippen molar-refractivity contribution in [3.63, 3.8) is 0 Å². The Labute approximate surface area is 118 Å². The second kappa shape index (κ2) is 5.47. The number of benzene rings is 1. The Morgan fingerprint density at radius 1 is 1.40 bits per heavy atom. The van der Waals surface area contributed by atoms with E-state index in [1.165, 1.54) is 18.2 Å². The SMILES string of the molecule is O=[N+]([O-])c1cc(CCl)ccc1N(CC(F)(F)F)C1CC1. The molecule has 0 saturated heterocycles. The predicted molar refractivity (Wildman–Crippen MR) is 69.1 cm³/mol. The minimum absolute atomic E-state index is 0.00342. The van der Waals surface area contributed by atoms with Gasteiger partial charge < -0.3 is 4.90 Å². The highest BCUT2D eigenvalue weighted by molar-refractivity contribution is 6.17. The molecule has 1 fully saturated rings. The maximum Gasteiger partial charge on any atom is 0.405 e. The number of nitro benzene ring substituents is 1. The number of hydrogen-bond donors (Lipinski definition) is 0. The van der Waals surface area contributed by atoms with Crippen LogP contribution in [0.2, 0.25) is 0 Å². The van der Waals surface area contributed by atoms with Crippen molar-refractivity contribution in [3.05, 3.63) is 33.9 Å². The largest absolute Gasteiger partial charge is 0.405 e. The van der Waals surface area contributed by atoms with E-state index in [0.29, 0.717) is 18.4 Å². The lowest BCUT2D eigenvalue weighted by atomic mass is 10.1. The van der Waals surface area contributed by atoms with Gasteiger partial charge in [0.25, 0.3) is 5.69 Å². The zero-order chi connectivity index (χ0) is 14.9. The summed E-state index contributed by atoms with van der Waals surface area (Å²) in [4.78, 5) is 11.5. The molecule has 0 atom stereocenters. The molecule has 8 heteroatoms. The first kappa shape index (κ1) is 14.9. The number of nitrogens with zero attached hydrogens (tertiary/aromatic N) is 2. The van der Waals surface area contributed by atoms with Crippen molar-refractivity contribution in [2.75, 3.05) is 11.4 Å². The Bertz CT molecular complexity index is 518. The summed E-state index contributed by atoms with van der Waals surface area (Å²) >= 11 is 5.60. The van der Waals surface area contributed by atoms with Gasteiger partial charge in [0, 0.05) is 18.0 Å². The van der Waals surface area contributed by atoms with Crippen LogP contribution < -0.4 is 4.90 Å². The maximum atomic E-state index is 12.6. The van der Waals surface area contributed by atoms with E-state index < -0.39 is 17.6 Å². The van der Waals surface area contributed by atoms with Crippen LogP contribution >= 0.6 is 11.6 Å². The average Bonchev–Trinajstić information content (AvgIpc) is 3.18. The van der Waals surface area contributed by atoms with Gasteiger partial charge in [-0.1, -0.05) is 6.07 Å². The van der Waals surface area contributed by atoms with Crippen LogP contribution in [0.4, 0.5) is 24.5 Å². The van der Waals surface area contributed by atoms with E-state index in [1.54, 1.807) is 0 Å². The van der Waals surface area contributed by atoms with Gasteiger partial charge in [0.05, 0.1) is 4.92 Å². The molecular weight excluding hydrogens is 297 g/mol. The summed E-state index contributed by atoms with van der Waals surface area (Å²) in [5.41, 5.74) is 0.174. The average molecular weight is 309 g/mol. The second-order valence-corrected chi connectivity index (χ2v) is 4.96. The molecule has 0 radical (unpaired) electrons. The van der Waals surface area contributed by atoms with Crippen molar-refractivity contribution in [2.24, 2.45) is 0 Å². The van der Waals surface area contributed by atoms with Crippen LogP contribution in [0.25, 0.3) is 0 Å². The third-order valence-corrected chi connectivity index (χ3v) is 3.35. The number of rotatable bonds is 5. The molecule has 1 aromatic rings. The van der Waals surface area contributed by atoms with Crippen LogP contribution in [0.3, 0.4) is 0 Å². The normalized spacial score (nSPS) is 15.2. The molecule has 0 N–H and O–H groups in total. The Kier molecular flexibility index (Phi) is 4.08. The van der Waals surface area contributed by atoms with Gasteiger partial charge in [-0.25, -0.2) is 0 Å². The van der Waals surface area contributed by atoms with Gasteiger partial charge >= 0.3 is 6.18 Å². The number of anilines is 1. The van der Waals surface area contributed by atoms with Crippen molar-refractivity contribution in [2.45, 2.75) is 30.9 Å². The third-order valence-electron chi connectivity index (χ3n) is 3.04. The van der Waals surface area contributed by atoms with E-state index in [-0.39, 0.29) is 23.3 Å². The monoisotopic (exact) mass is 308 g/mol. The fraction of sp³-hybridized carbons (Fsp3) is 0.500. The Hall–Kier alpha value is -1.50. The minimum atomic E-state index is -4.40. The molecule has 0 spiro atoms. The van der Waals surface area contributed by atoms with Crippen LogP contribution in [-0.4, -0.2) is 23.7 Å². The number of alkyl halides is 4. The molecule has 0 bridgehead atoms. The highest BCUT2D eigenvalue weighted by Gasteiger charge is 2.40. The van der Waals surface area contributed by atoms with Crippen molar-refractivity contribution in [1.29, 1.82) is 0 Å². The number of nitro groups is 1. The van der Waals surface area contributed by atoms with Gasteiger partial charge in [-0.05, 0) is 24.5 Å². The van der Waals surface area contributed by atoms with Crippen LogP contribution in [0.5, 0.6) is 0 Å². The maximum absolute atomic E-state index is 12.6. The van der Waals surface area contributed by atoms with Crippen LogP contribution in [0.15, 0.2) is 18.2 Å². The molecule has 0 amide bonds. The van der Waals surface area contributed by atoms with Gasteiger partial charge in [0.1, 0.15) is 12.2 Å². The Balaban J connectivity index is 2.39. The number of halogens is 4. The fourth-order valence-electron chi connectivity index (χ4n) is 2.03. The molecule has 1 aliphatic rings. The van der Waals surface area contributed by atoms with Crippen LogP contribution in [-0.2, 0) is 5.88 Å². The zero-order valence-electron chi connectivity index (χ0n) is 10.4. The summed E-state index contributed by atoms with van der Waals surface area (Å²) in [7, 11) is 0. The predicted octanol–water partition coefficient (Wildman–Crippen LogP) is 3.86. The van der Waals surface area contributed by atoms with Gasteiger partial charge in [-0.15, -0.1) is 11.6 Å². The standard InChI is InChI=1S/C12H12ClF3N2O2/c13-6-8-1-4-10(11(5-8)18(19)20)17(9-2-3-9)7-12(14,15)16/h1,4-5,9H,2-3,6-7H2. The quantitative estimate of drug-likeness (QED) is 0.471. The van der Waals surface area contributed by atoms with E-state index in [9.17, 15) is 23.3 Å². The van der Waals surface area contributed by atoms with Crippen molar-refractivity contribution in [1.82, 2.24) is 0 Å². The molecule has 1 saturated carbocycles. The lowest BCUT2D eigenvalue weighted by Gasteiger charge is -2.25. The fourth-order valence-corrected chi connectivity index (χ4v) is 2.20. The summed E-state index contributed by atoms with van der Waals surface area (Å²) in [5.74, 6) is 0.0732. The molecule has 0 unspecified atom stereocenters. The summed E-state index contributed by atoms with van der Waals surface area (Å²) in [6, 6.07) is 3.81. The van der Waals surface area contributed by atoms with E-state index in [4.69, 9.17) is 11.6 Å². The molecule has 110 valence electrons. The molecule has 1 aliphatic carbocycles. The van der Waals surface area contributed by atoms with Gasteiger partial charge in [-0.2, -0.15) is 13.2 Å². The summed E-state index contributed by atoms with van der Waals surface area (Å²) < 4.78 is 37.9. The first-order valence-electron chi connectivity index (χ1n) is 5.98. The Morgan fingerprint density at radius 2 is 2.05 bits per heavy atom. The van der Waals surface area contributed by atoms with Crippen molar-refractivity contribution < 1.29 is 18.1 Å². The molecule has 0 aromatic heterocycles. The lowest BCUT2D eigenvalue weighted by molar-refractivity contribution is -0.384. The summed E-state index contributed by atoms with van der Waals surface area (Å²) in [6.45, 7) is -1.18. The number of hydrogen-bond acceptors (Lipinski definition) is 3. The smallest absolute Gasteiger partial charge is 0.354 e. The van der Waals surface area contributed by atoms with Gasteiger partial charge in [0.2, 0.25) is 0 Å². The molecular formula is C12H12ClF3N2O2. The zero-order valence-corrected chi connectivity index (χ0v) is 11.1. The lowest BCUT2D eigenvalue weighted by Crippen LogP contribution is -2.36. The van der Waals surface area contributed by atoms with Gasteiger partial charge in [-0.3, -0.25) is 10.1 Å². The first-order chi connectivity index (χ1) is 9.31. The topological polar surface area (TPSA) is 46.4 Å². The van der Waals surface area contributed by atoms with Gasteiger partial charge in [0.15, 0.2) is 0 Å². The minimum Gasteiger partial charge on any atom is -0.354 e. The summed E-state index contributed by atoms with van der Waals surface area (Å²) in [6.07, 6.45) is -3.17. The van der Waals surface area contributed by atoms with Crippen LogP contribution in [0.1, 0.15) is 18.4 Å². The van der Waals surface area contributed by atoms with E-state index >= 15 is 0 Å². The van der Waals surface area contributed by atoms with E-state index in [0.717, 1.165) is 4.90 Å². The molecule has 1 aromatic carbocycles. The molecule has 0 aliphatic heterocycles. The molecule has 20 heavy (non-hydrogen) atoms. The van der Waals surface area contributed by atoms with E-state index in [1.807, 2.05) is 0 Å². The highest BCUT2D eigenvalue weighted by atomic mass is 35.5. The highest BCUT2D eigenvalue weighted by Crippen LogP contribution is 2.39. The first-order valence-corrected chi connectivity index (χ1v) is 6.52. The second-order valence-electron chi connectivity index (χ2n) is 4.69.